The summed E-state index contributed by atoms with van der Waals surface area (Å²) in [5, 5.41) is 7.10. The molecule has 1 amide bonds. The van der Waals surface area contributed by atoms with Gasteiger partial charge in [-0.2, -0.15) is 5.10 Å². The molecule has 33 heavy (non-hydrogen) atoms. The lowest BCUT2D eigenvalue weighted by atomic mass is 9.77. The summed E-state index contributed by atoms with van der Waals surface area (Å²) in [6, 6.07) is 7.12. The fourth-order valence-corrected chi connectivity index (χ4v) is 5.09. The van der Waals surface area contributed by atoms with Crippen molar-refractivity contribution in [1.82, 2.24) is 25.1 Å². The summed E-state index contributed by atoms with van der Waals surface area (Å²) in [6.45, 7) is 0. The van der Waals surface area contributed by atoms with Gasteiger partial charge in [-0.25, -0.2) is 13.8 Å². The standard InChI is InChI=1S/C24H30F2N6O/c1-32-19(9-12-28-32)23(33)31-21(15-7-10-24(25,26)11-8-15)22-29-17-6-5-16(13-18(17)30-22)20(27)14-3-2-4-14/h5-6,9,12-15,20-21H,2-4,7-8,10-11,27H2,1H3,(H,29,30)(H,31,33). The van der Waals surface area contributed by atoms with Crippen LogP contribution in [-0.4, -0.2) is 31.6 Å². The molecule has 176 valence electrons. The number of rotatable bonds is 6. The van der Waals surface area contributed by atoms with Crippen molar-refractivity contribution in [2.24, 2.45) is 24.6 Å². The summed E-state index contributed by atoms with van der Waals surface area (Å²) in [5.74, 6) is -1.99. The monoisotopic (exact) mass is 456 g/mol. The van der Waals surface area contributed by atoms with E-state index in [0.717, 1.165) is 29.4 Å². The molecule has 9 heteroatoms. The molecule has 0 radical (unpaired) electrons. The number of aromatic amines is 1. The molecule has 7 nitrogen and oxygen atoms in total. The van der Waals surface area contributed by atoms with Crippen molar-refractivity contribution in [1.29, 1.82) is 0 Å². The summed E-state index contributed by atoms with van der Waals surface area (Å²) in [7, 11) is 1.69. The number of hydrogen-bond donors (Lipinski definition) is 3. The second kappa shape index (κ2) is 8.52. The molecule has 2 fully saturated rings. The Kier molecular flexibility index (Phi) is 5.68. The van der Waals surface area contributed by atoms with E-state index >= 15 is 0 Å². The Labute approximate surface area is 191 Å². The van der Waals surface area contributed by atoms with Gasteiger partial charge in [0.2, 0.25) is 5.92 Å². The summed E-state index contributed by atoms with van der Waals surface area (Å²) < 4.78 is 29.2. The van der Waals surface area contributed by atoms with Crippen molar-refractivity contribution < 1.29 is 13.6 Å². The Morgan fingerprint density at radius 2 is 1.97 bits per heavy atom. The molecule has 0 saturated heterocycles. The number of fused-ring (bicyclic) bond motifs is 1. The molecule has 2 unspecified atom stereocenters. The number of nitrogens with one attached hydrogen (secondary N) is 2. The second-order valence-corrected chi connectivity index (χ2v) is 9.60. The Balaban J connectivity index is 1.44. The number of carbonyl (C=O) groups excluding carboxylic acids is 1. The lowest BCUT2D eigenvalue weighted by molar-refractivity contribution is -0.0496. The predicted molar refractivity (Wildman–Crippen MR) is 121 cm³/mol. The van der Waals surface area contributed by atoms with Gasteiger partial charge in [0.1, 0.15) is 11.5 Å². The molecule has 2 saturated carbocycles. The normalized spacial score (nSPS) is 21.0. The quantitative estimate of drug-likeness (QED) is 0.512. The Morgan fingerprint density at radius 1 is 1.21 bits per heavy atom. The van der Waals surface area contributed by atoms with Crippen LogP contribution in [0.5, 0.6) is 0 Å². The average Bonchev–Trinajstić information content (AvgIpc) is 3.36. The number of amides is 1. The highest BCUT2D eigenvalue weighted by atomic mass is 19.3. The van der Waals surface area contributed by atoms with Crippen LogP contribution in [0.2, 0.25) is 0 Å². The van der Waals surface area contributed by atoms with Gasteiger partial charge in [0.25, 0.3) is 5.91 Å². The van der Waals surface area contributed by atoms with Crippen LogP contribution in [0.1, 0.15) is 78.9 Å². The molecular formula is C24H30F2N6O. The van der Waals surface area contributed by atoms with E-state index in [9.17, 15) is 13.6 Å². The lowest BCUT2D eigenvalue weighted by Gasteiger charge is -2.33. The molecule has 0 aliphatic heterocycles. The maximum absolute atomic E-state index is 13.8. The zero-order valence-corrected chi connectivity index (χ0v) is 18.7. The maximum atomic E-state index is 13.8. The summed E-state index contributed by atoms with van der Waals surface area (Å²) in [6.07, 6.45) is 5.35. The topological polar surface area (TPSA) is 102 Å². The van der Waals surface area contributed by atoms with Gasteiger partial charge < -0.3 is 16.0 Å². The van der Waals surface area contributed by atoms with Crippen LogP contribution < -0.4 is 11.1 Å². The van der Waals surface area contributed by atoms with Crippen LogP contribution in [0.3, 0.4) is 0 Å². The molecule has 0 spiro atoms. The highest BCUT2D eigenvalue weighted by molar-refractivity contribution is 5.92. The highest BCUT2D eigenvalue weighted by Crippen LogP contribution is 2.41. The maximum Gasteiger partial charge on any atom is 0.270 e. The third-order valence-corrected chi connectivity index (χ3v) is 7.44. The van der Waals surface area contributed by atoms with E-state index in [0.29, 0.717) is 30.3 Å². The van der Waals surface area contributed by atoms with Crippen molar-refractivity contribution in [2.45, 2.75) is 63.0 Å². The largest absolute Gasteiger partial charge is 0.340 e. The lowest BCUT2D eigenvalue weighted by Crippen LogP contribution is -2.38. The number of hydrogen-bond acceptors (Lipinski definition) is 4. The summed E-state index contributed by atoms with van der Waals surface area (Å²) >= 11 is 0. The van der Waals surface area contributed by atoms with Crippen LogP contribution in [0, 0.1) is 11.8 Å². The molecule has 2 aromatic heterocycles. The van der Waals surface area contributed by atoms with E-state index in [1.807, 2.05) is 18.2 Å². The van der Waals surface area contributed by atoms with Gasteiger partial charge in [-0.3, -0.25) is 9.48 Å². The summed E-state index contributed by atoms with van der Waals surface area (Å²) in [4.78, 5) is 21.1. The van der Waals surface area contributed by atoms with E-state index < -0.39 is 12.0 Å². The van der Waals surface area contributed by atoms with Crippen LogP contribution in [0.15, 0.2) is 30.5 Å². The van der Waals surface area contributed by atoms with Crippen molar-refractivity contribution in [3.63, 3.8) is 0 Å². The third-order valence-electron chi connectivity index (χ3n) is 7.44. The first kappa shape index (κ1) is 22.0. The Morgan fingerprint density at radius 3 is 2.61 bits per heavy atom. The van der Waals surface area contributed by atoms with Gasteiger partial charge >= 0.3 is 0 Å². The van der Waals surface area contributed by atoms with Crippen molar-refractivity contribution in [3.05, 3.63) is 47.5 Å². The van der Waals surface area contributed by atoms with Crippen LogP contribution in [0.4, 0.5) is 8.78 Å². The number of imidazole rings is 1. The number of nitrogens with zero attached hydrogens (tertiary/aromatic N) is 3. The van der Waals surface area contributed by atoms with Crippen LogP contribution in [-0.2, 0) is 7.05 Å². The number of aromatic nitrogens is 4. The molecule has 2 aliphatic rings. The predicted octanol–water partition coefficient (Wildman–Crippen LogP) is 4.39. The molecule has 2 atom stereocenters. The van der Waals surface area contributed by atoms with E-state index in [4.69, 9.17) is 10.7 Å². The molecule has 2 aliphatic carbocycles. The number of aryl methyl sites for hydroxylation is 1. The first-order valence-corrected chi connectivity index (χ1v) is 11.7. The zero-order valence-electron chi connectivity index (χ0n) is 18.7. The third kappa shape index (κ3) is 4.38. The molecule has 4 N–H and O–H groups in total. The van der Waals surface area contributed by atoms with Crippen molar-refractivity contribution in [3.8, 4) is 0 Å². The molecule has 2 heterocycles. The van der Waals surface area contributed by atoms with E-state index in [1.54, 1.807) is 19.3 Å². The second-order valence-electron chi connectivity index (χ2n) is 9.60. The first-order chi connectivity index (χ1) is 15.8. The average molecular weight is 457 g/mol. The Bertz CT molecular complexity index is 1140. The molecule has 3 aromatic rings. The number of alkyl halides is 2. The molecular weight excluding hydrogens is 426 g/mol. The zero-order chi connectivity index (χ0) is 23.2. The number of halogens is 2. The number of benzene rings is 1. The highest BCUT2D eigenvalue weighted by Gasteiger charge is 2.39. The van der Waals surface area contributed by atoms with E-state index in [-0.39, 0.29) is 30.7 Å². The first-order valence-electron chi connectivity index (χ1n) is 11.7. The summed E-state index contributed by atoms with van der Waals surface area (Å²) in [5.41, 5.74) is 9.54. The smallest absolute Gasteiger partial charge is 0.270 e. The number of nitrogens with two attached hydrogens (primary N) is 1. The minimum atomic E-state index is -2.65. The minimum absolute atomic E-state index is 0.00998. The molecule has 0 bridgehead atoms. The minimum Gasteiger partial charge on any atom is -0.340 e. The van der Waals surface area contributed by atoms with E-state index in [2.05, 4.69) is 15.4 Å². The van der Waals surface area contributed by atoms with Crippen molar-refractivity contribution >= 4 is 16.9 Å². The van der Waals surface area contributed by atoms with Gasteiger partial charge in [0.05, 0.1) is 17.1 Å². The van der Waals surface area contributed by atoms with Gasteiger partial charge in [-0.15, -0.1) is 0 Å². The fourth-order valence-electron chi connectivity index (χ4n) is 5.09. The van der Waals surface area contributed by atoms with Gasteiger partial charge in [-0.05, 0) is 61.3 Å². The molecule has 1 aromatic carbocycles. The van der Waals surface area contributed by atoms with E-state index in [1.165, 1.54) is 11.1 Å². The molecule has 5 rings (SSSR count). The van der Waals surface area contributed by atoms with Crippen LogP contribution in [0.25, 0.3) is 11.0 Å². The van der Waals surface area contributed by atoms with Crippen molar-refractivity contribution in [2.75, 3.05) is 0 Å². The Hall–Kier alpha value is -2.81. The number of carbonyl (C=O) groups is 1. The fraction of sp³-hybridized carbons (Fsp3) is 0.542. The van der Waals surface area contributed by atoms with Crippen LogP contribution >= 0.6 is 0 Å². The SMILES string of the molecule is Cn1nccc1C(=O)NC(c1nc2cc(C(N)C3CCC3)ccc2[nH]1)C1CCC(F)(F)CC1. The van der Waals surface area contributed by atoms with Gasteiger partial charge in [0, 0.05) is 32.1 Å². The number of H-pyrrole nitrogens is 1. The van der Waals surface area contributed by atoms with Gasteiger partial charge in [0.15, 0.2) is 0 Å². The van der Waals surface area contributed by atoms with Gasteiger partial charge in [-0.1, -0.05) is 12.5 Å².